The van der Waals surface area contributed by atoms with E-state index in [9.17, 15) is 4.79 Å². The van der Waals surface area contributed by atoms with Crippen molar-refractivity contribution in [2.45, 2.75) is 19.9 Å². The molecule has 0 aromatic carbocycles. The van der Waals surface area contributed by atoms with Gasteiger partial charge in [0.1, 0.15) is 11.6 Å². The Kier molecular flexibility index (Phi) is 5.01. The lowest BCUT2D eigenvalue weighted by Gasteiger charge is -2.08. The maximum Gasteiger partial charge on any atom is 0.253 e. The molecule has 2 heterocycles. The zero-order valence-electron chi connectivity index (χ0n) is 11.1. The molecule has 0 aliphatic carbocycles. The Labute approximate surface area is 122 Å². The molecule has 2 N–H and O–H groups in total. The fraction of sp³-hybridized carbons (Fsp3) is 0.286. The van der Waals surface area contributed by atoms with Crippen molar-refractivity contribution in [1.82, 2.24) is 10.3 Å². The Morgan fingerprint density at radius 3 is 3.00 bits per heavy atom. The number of hydrogen-bond acceptors (Lipinski definition) is 4. The van der Waals surface area contributed by atoms with Gasteiger partial charge in [-0.05, 0) is 24.6 Å². The molecule has 106 valence electrons. The molecule has 0 unspecified atom stereocenters. The van der Waals surface area contributed by atoms with Gasteiger partial charge in [-0.3, -0.25) is 4.79 Å². The molecule has 20 heavy (non-hydrogen) atoms. The first-order valence-corrected chi connectivity index (χ1v) is 6.78. The number of pyridine rings is 1. The van der Waals surface area contributed by atoms with Crippen LogP contribution in [-0.2, 0) is 6.54 Å². The first-order chi connectivity index (χ1) is 9.70. The second-order valence-electron chi connectivity index (χ2n) is 4.24. The maximum absolute atomic E-state index is 11.9. The summed E-state index contributed by atoms with van der Waals surface area (Å²) in [6, 6.07) is 5.17. The first-order valence-electron chi connectivity index (χ1n) is 6.40. The third-order valence-corrected chi connectivity index (χ3v) is 2.94. The average Bonchev–Trinajstić information content (AvgIpc) is 2.96. The minimum Gasteiger partial charge on any atom is -0.467 e. The van der Waals surface area contributed by atoms with Gasteiger partial charge in [0.2, 0.25) is 0 Å². The molecule has 0 aliphatic heterocycles. The van der Waals surface area contributed by atoms with Crippen molar-refractivity contribution in [1.29, 1.82) is 0 Å². The molecule has 0 bridgehead atoms. The Bertz CT molecular complexity index is 570. The van der Waals surface area contributed by atoms with Gasteiger partial charge in [-0.1, -0.05) is 18.5 Å². The number of rotatable bonds is 6. The zero-order valence-corrected chi connectivity index (χ0v) is 11.9. The van der Waals surface area contributed by atoms with Gasteiger partial charge in [0.25, 0.3) is 5.91 Å². The van der Waals surface area contributed by atoms with E-state index >= 15 is 0 Å². The number of anilines is 1. The summed E-state index contributed by atoms with van der Waals surface area (Å²) in [7, 11) is 0. The standard InChI is InChI=1S/C14H16ClN3O2/c1-2-5-16-13-12(15)7-10(8-17-13)14(19)18-9-11-4-3-6-20-11/h3-4,6-8H,2,5,9H2,1H3,(H,16,17)(H,18,19). The van der Waals surface area contributed by atoms with Crippen LogP contribution in [-0.4, -0.2) is 17.4 Å². The van der Waals surface area contributed by atoms with E-state index in [0.29, 0.717) is 28.7 Å². The highest BCUT2D eigenvalue weighted by atomic mass is 35.5. The summed E-state index contributed by atoms with van der Waals surface area (Å²) < 4.78 is 5.14. The summed E-state index contributed by atoms with van der Waals surface area (Å²) in [5.41, 5.74) is 0.420. The van der Waals surface area contributed by atoms with Gasteiger partial charge in [0.15, 0.2) is 0 Å². The van der Waals surface area contributed by atoms with Crippen molar-refractivity contribution in [3.63, 3.8) is 0 Å². The molecule has 5 nitrogen and oxygen atoms in total. The van der Waals surface area contributed by atoms with Gasteiger partial charge in [-0.15, -0.1) is 0 Å². The number of nitrogens with zero attached hydrogens (tertiary/aromatic N) is 1. The van der Waals surface area contributed by atoms with Crippen LogP contribution < -0.4 is 10.6 Å². The smallest absolute Gasteiger partial charge is 0.253 e. The van der Waals surface area contributed by atoms with Crippen molar-refractivity contribution in [2.24, 2.45) is 0 Å². The molecule has 0 spiro atoms. The number of aromatic nitrogens is 1. The van der Waals surface area contributed by atoms with Crippen LogP contribution in [0.1, 0.15) is 29.5 Å². The fourth-order valence-corrected chi connectivity index (χ4v) is 1.85. The molecular formula is C14H16ClN3O2. The van der Waals surface area contributed by atoms with Crippen molar-refractivity contribution in [3.8, 4) is 0 Å². The second kappa shape index (κ2) is 6.96. The highest BCUT2D eigenvalue weighted by Gasteiger charge is 2.10. The summed E-state index contributed by atoms with van der Waals surface area (Å²) in [5.74, 6) is 1.05. The van der Waals surface area contributed by atoms with Gasteiger partial charge in [0.05, 0.1) is 23.4 Å². The summed E-state index contributed by atoms with van der Waals surface area (Å²) >= 11 is 6.09. The van der Waals surface area contributed by atoms with E-state index in [1.165, 1.54) is 6.20 Å². The van der Waals surface area contributed by atoms with Crippen molar-refractivity contribution >= 4 is 23.3 Å². The highest BCUT2D eigenvalue weighted by molar-refractivity contribution is 6.33. The van der Waals surface area contributed by atoms with Crippen LogP contribution in [0, 0.1) is 0 Å². The molecule has 0 atom stereocenters. The van der Waals surface area contributed by atoms with Gasteiger partial charge in [-0.25, -0.2) is 4.98 Å². The number of furan rings is 1. The molecule has 2 aromatic rings. The van der Waals surface area contributed by atoms with E-state index < -0.39 is 0 Å². The van der Waals surface area contributed by atoms with E-state index in [2.05, 4.69) is 22.5 Å². The minimum atomic E-state index is -0.238. The summed E-state index contributed by atoms with van der Waals surface area (Å²) in [4.78, 5) is 16.1. The van der Waals surface area contributed by atoms with Crippen LogP contribution in [0.2, 0.25) is 5.02 Å². The van der Waals surface area contributed by atoms with Gasteiger partial charge in [0, 0.05) is 12.7 Å². The predicted octanol–water partition coefficient (Wildman–Crippen LogP) is 3.08. The molecule has 0 aliphatic rings. The van der Waals surface area contributed by atoms with Crippen LogP contribution in [0.25, 0.3) is 0 Å². The molecule has 2 aromatic heterocycles. The largest absolute Gasteiger partial charge is 0.467 e. The molecule has 1 amide bonds. The second-order valence-corrected chi connectivity index (χ2v) is 4.65. The molecule has 0 saturated heterocycles. The van der Waals surface area contributed by atoms with E-state index in [0.717, 1.165) is 13.0 Å². The fourth-order valence-electron chi connectivity index (χ4n) is 1.62. The first kappa shape index (κ1) is 14.4. The summed E-state index contributed by atoms with van der Waals surface area (Å²) in [5, 5.41) is 6.27. The topological polar surface area (TPSA) is 67.2 Å². The predicted molar refractivity (Wildman–Crippen MR) is 77.9 cm³/mol. The van der Waals surface area contributed by atoms with Crippen molar-refractivity contribution in [3.05, 3.63) is 47.0 Å². The third-order valence-electron chi connectivity index (χ3n) is 2.65. The number of amides is 1. The minimum absolute atomic E-state index is 0.238. The van der Waals surface area contributed by atoms with Gasteiger partial charge < -0.3 is 15.1 Å². The Morgan fingerprint density at radius 2 is 2.35 bits per heavy atom. The van der Waals surface area contributed by atoms with E-state index in [1.807, 2.05) is 0 Å². The van der Waals surface area contributed by atoms with E-state index in [-0.39, 0.29) is 5.91 Å². The number of carbonyl (C=O) groups is 1. The lowest BCUT2D eigenvalue weighted by atomic mass is 10.2. The Hall–Kier alpha value is -2.01. The van der Waals surface area contributed by atoms with Gasteiger partial charge >= 0.3 is 0 Å². The van der Waals surface area contributed by atoms with Crippen LogP contribution in [0.4, 0.5) is 5.82 Å². The van der Waals surface area contributed by atoms with Crippen LogP contribution in [0.15, 0.2) is 35.1 Å². The average molecular weight is 294 g/mol. The van der Waals surface area contributed by atoms with Crippen molar-refractivity contribution < 1.29 is 9.21 Å². The third kappa shape index (κ3) is 3.74. The monoisotopic (exact) mass is 293 g/mol. The maximum atomic E-state index is 11.9. The quantitative estimate of drug-likeness (QED) is 0.859. The number of halogens is 1. The number of carbonyl (C=O) groups excluding carboxylic acids is 1. The highest BCUT2D eigenvalue weighted by Crippen LogP contribution is 2.20. The Morgan fingerprint density at radius 1 is 1.50 bits per heavy atom. The molecule has 0 radical (unpaired) electrons. The lowest BCUT2D eigenvalue weighted by molar-refractivity contribution is 0.0947. The molecular weight excluding hydrogens is 278 g/mol. The zero-order chi connectivity index (χ0) is 14.4. The van der Waals surface area contributed by atoms with E-state index in [4.69, 9.17) is 16.0 Å². The Balaban J connectivity index is 1.97. The SMILES string of the molecule is CCCNc1ncc(C(=O)NCc2ccco2)cc1Cl. The normalized spacial score (nSPS) is 10.3. The molecule has 0 saturated carbocycles. The summed E-state index contributed by atoms with van der Waals surface area (Å²) in [6.07, 6.45) is 4.04. The van der Waals surface area contributed by atoms with Gasteiger partial charge in [-0.2, -0.15) is 0 Å². The van der Waals surface area contributed by atoms with Crippen LogP contribution in [0.5, 0.6) is 0 Å². The summed E-state index contributed by atoms with van der Waals surface area (Å²) in [6.45, 7) is 3.17. The number of hydrogen-bond donors (Lipinski definition) is 2. The van der Waals surface area contributed by atoms with Crippen LogP contribution >= 0.6 is 11.6 Å². The molecule has 6 heteroatoms. The molecule has 2 rings (SSSR count). The van der Waals surface area contributed by atoms with E-state index in [1.54, 1.807) is 24.5 Å². The lowest BCUT2D eigenvalue weighted by Crippen LogP contribution is -2.22. The number of nitrogens with one attached hydrogen (secondary N) is 2. The van der Waals surface area contributed by atoms with Crippen LogP contribution in [0.3, 0.4) is 0 Å². The van der Waals surface area contributed by atoms with Crippen molar-refractivity contribution in [2.75, 3.05) is 11.9 Å². The molecule has 0 fully saturated rings.